The van der Waals surface area contributed by atoms with Crippen LogP contribution in [0.1, 0.15) is 77.1 Å². The van der Waals surface area contributed by atoms with Crippen LogP contribution in [0.3, 0.4) is 0 Å². The predicted molar refractivity (Wildman–Crippen MR) is 160 cm³/mol. The van der Waals surface area contributed by atoms with Crippen LogP contribution >= 0.6 is 0 Å². The van der Waals surface area contributed by atoms with Crippen LogP contribution in [-0.4, -0.2) is 69.3 Å². The van der Waals surface area contributed by atoms with Gasteiger partial charge in [-0.1, -0.05) is 27.7 Å². The molecule has 5 N–H and O–H groups in total. The zero-order valence-corrected chi connectivity index (χ0v) is 26.0. The maximum Gasteiger partial charge on any atom is 0.481 e. The molecule has 0 spiro atoms. The first-order valence-electron chi connectivity index (χ1n) is 15.0. The Balaban J connectivity index is 1.48. The minimum atomic E-state index is -0.884. The number of benzene rings is 1. The number of carbonyl (C=O) groups excluding carboxylic acids is 2. The highest BCUT2D eigenvalue weighted by atomic mass is 19.1. The Morgan fingerprint density at radius 2 is 1.98 bits per heavy atom. The fourth-order valence-corrected chi connectivity index (χ4v) is 7.02. The Morgan fingerprint density at radius 1 is 1.24 bits per heavy atom. The second-order valence-electron chi connectivity index (χ2n) is 13.1. The molecule has 0 aromatic heterocycles. The molecule has 1 saturated heterocycles. The molecule has 6 atom stereocenters. The highest BCUT2D eigenvalue weighted by Gasteiger charge is 2.68. The maximum atomic E-state index is 14.3. The third kappa shape index (κ3) is 6.54. The standard InChI is InChI=1S/C30H47BFN5O5/c1-17(2)13-25(31-41-24-16-19-15-23(29(19,3)4)30(24,5)42-31)37-27(39)21(9-8-12-35-28(33)34-6)36-26(38)18-10-11-22(40-7)20(32)14-18/h10-11,14,17,19,21,23-25H,8-9,12-13,15-16H2,1-7H3,(H,36,38)(H,37,39)(H3,33,34,35)/t19-,21-,23-,24+,25-,30-/m0/s1. The molecular formula is C30H47BFN5O5. The topological polar surface area (TPSA) is 136 Å². The zero-order valence-electron chi connectivity index (χ0n) is 26.0. The van der Waals surface area contributed by atoms with E-state index in [0.29, 0.717) is 37.6 Å². The summed E-state index contributed by atoms with van der Waals surface area (Å²) in [5.74, 6) is -0.374. The average Bonchev–Trinajstić information content (AvgIpc) is 3.30. The largest absolute Gasteiger partial charge is 0.494 e. The number of hydrogen-bond acceptors (Lipinski definition) is 6. The first-order chi connectivity index (χ1) is 19.8. The molecule has 1 aliphatic heterocycles. The van der Waals surface area contributed by atoms with E-state index in [2.05, 4.69) is 55.6 Å². The highest BCUT2D eigenvalue weighted by Crippen LogP contribution is 2.65. The number of ether oxygens (including phenoxy) is 1. The molecule has 12 heteroatoms. The summed E-state index contributed by atoms with van der Waals surface area (Å²) in [6, 6.07) is 3.06. The van der Waals surface area contributed by atoms with Crippen molar-refractivity contribution in [3.05, 3.63) is 29.6 Å². The summed E-state index contributed by atoms with van der Waals surface area (Å²) in [5, 5.41) is 8.92. The molecule has 232 valence electrons. The maximum absolute atomic E-state index is 14.3. The quantitative estimate of drug-likeness (QED) is 0.128. The van der Waals surface area contributed by atoms with Crippen molar-refractivity contribution in [1.29, 1.82) is 0 Å². The summed E-state index contributed by atoms with van der Waals surface area (Å²) >= 11 is 0. The first-order valence-corrected chi connectivity index (χ1v) is 15.0. The molecule has 1 heterocycles. The summed E-state index contributed by atoms with van der Waals surface area (Å²) < 4.78 is 32.5. The number of carbonyl (C=O) groups is 2. The molecule has 3 aliphatic carbocycles. The van der Waals surface area contributed by atoms with E-state index in [1.54, 1.807) is 7.05 Å². The number of nitrogens with two attached hydrogens (primary N) is 1. The Hall–Kier alpha value is -2.86. The van der Waals surface area contributed by atoms with Crippen LogP contribution in [0.15, 0.2) is 23.2 Å². The number of rotatable bonds is 12. The molecule has 10 nitrogen and oxygen atoms in total. The molecule has 2 bridgehead atoms. The first kappa shape index (κ1) is 32.1. The summed E-state index contributed by atoms with van der Waals surface area (Å²) in [7, 11) is 2.35. The summed E-state index contributed by atoms with van der Waals surface area (Å²) in [4.78, 5) is 30.8. The van der Waals surface area contributed by atoms with E-state index in [4.69, 9.17) is 19.8 Å². The molecule has 1 aromatic carbocycles. The van der Waals surface area contributed by atoms with Crippen molar-refractivity contribution in [2.45, 2.75) is 90.4 Å². The van der Waals surface area contributed by atoms with Gasteiger partial charge in [0, 0.05) is 19.2 Å². The number of amides is 2. The Labute approximate surface area is 249 Å². The van der Waals surface area contributed by atoms with Gasteiger partial charge in [-0.2, -0.15) is 0 Å². The third-order valence-corrected chi connectivity index (χ3v) is 9.60. The van der Waals surface area contributed by atoms with Crippen molar-refractivity contribution in [3.8, 4) is 5.75 Å². The van der Waals surface area contributed by atoms with Gasteiger partial charge < -0.3 is 35.7 Å². The van der Waals surface area contributed by atoms with Crippen LogP contribution in [0.2, 0.25) is 0 Å². The summed E-state index contributed by atoms with van der Waals surface area (Å²) in [5.41, 5.74) is 5.63. The number of halogens is 1. The Bertz CT molecular complexity index is 1180. The lowest BCUT2D eigenvalue weighted by Gasteiger charge is -2.64. The minimum absolute atomic E-state index is 0.0110. The van der Waals surface area contributed by atoms with Gasteiger partial charge in [-0.15, -0.1) is 0 Å². The van der Waals surface area contributed by atoms with Crippen LogP contribution in [0.5, 0.6) is 5.75 Å². The number of nitrogens with zero attached hydrogens (tertiary/aromatic N) is 1. The second-order valence-corrected chi connectivity index (χ2v) is 13.1. The van der Waals surface area contributed by atoms with Crippen LogP contribution in [0, 0.1) is 29.0 Å². The van der Waals surface area contributed by atoms with Gasteiger partial charge in [0.1, 0.15) is 6.04 Å². The van der Waals surface area contributed by atoms with Crippen molar-refractivity contribution < 1.29 is 28.0 Å². The molecule has 5 rings (SSSR count). The highest BCUT2D eigenvalue weighted by molar-refractivity contribution is 6.48. The van der Waals surface area contributed by atoms with E-state index in [1.807, 2.05) is 0 Å². The van der Waals surface area contributed by atoms with E-state index in [9.17, 15) is 14.0 Å². The molecular weight excluding hydrogens is 540 g/mol. The number of methoxy groups -OCH3 is 1. The monoisotopic (exact) mass is 587 g/mol. The van der Waals surface area contributed by atoms with Crippen molar-refractivity contribution in [2.75, 3.05) is 20.7 Å². The van der Waals surface area contributed by atoms with Crippen LogP contribution in [0.25, 0.3) is 0 Å². The Morgan fingerprint density at radius 3 is 2.60 bits per heavy atom. The van der Waals surface area contributed by atoms with Crippen molar-refractivity contribution >= 4 is 24.9 Å². The lowest BCUT2D eigenvalue weighted by Crippen LogP contribution is -2.65. The van der Waals surface area contributed by atoms with Crippen molar-refractivity contribution in [3.63, 3.8) is 0 Å². The summed E-state index contributed by atoms with van der Waals surface area (Å²) in [6.07, 6.45) is 3.56. The van der Waals surface area contributed by atoms with Gasteiger partial charge in [-0.25, -0.2) is 4.39 Å². The molecule has 2 amide bonds. The molecule has 4 aliphatic rings. The van der Waals surface area contributed by atoms with E-state index in [-0.39, 0.29) is 40.6 Å². The average molecular weight is 588 g/mol. The van der Waals surface area contributed by atoms with Crippen molar-refractivity contribution in [1.82, 2.24) is 16.0 Å². The van der Waals surface area contributed by atoms with Gasteiger partial charge in [0.2, 0.25) is 5.91 Å². The second kappa shape index (κ2) is 12.8. The molecule has 1 aromatic rings. The van der Waals surface area contributed by atoms with Gasteiger partial charge in [-0.05, 0) is 80.4 Å². The molecule has 0 radical (unpaired) electrons. The fourth-order valence-electron chi connectivity index (χ4n) is 7.02. The van der Waals surface area contributed by atoms with Gasteiger partial charge >= 0.3 is 7.12 Å². The Kier molecular flexibility index (Phi) is 9.77. The van der Waals surface area contributed by atoms with Gasteiger partial charge in [0.25, 0.3) is 5.91 Å². The minimum Gasteiger partial charge on any atom is -0.494 e. The molecule has 0 unspecified atom stereocenters. The van der Waals surface area contributed by atoms with E-state index < -0.39 is 36.4 Å². The predicted octanol–water partition coefficient (Wildman–Crippen LogP) is 3.05. The molecule has 3 saturated carbocycles. The van der Waals surface area contributed by atoms with Crippen LogP contribution in [-0.2, 0) is 14.1 Å². The SMILES string of the molecule is CN=C(N)NCCC[C@H](NC(=O)c1ccc(OC)c(F)c1)C(=O)N[C@@H](CC(C)C)B1O[C@@H]2C[C@@H]3C[C@@H](C3(C)C)[C@]2(C)O1. The third-order valence-electron chi connectivity index (χ3n) is 9.60. The smallest absolute Gasteiger partial charge is 0.481 e. The normalized spacial score (nSPS) is 27.5. The van der Waals surface area contributed by atoms with E-state index in [1.165, 1.54) is 19.2 Å². The number of hydrogen-bond donors (Lipinski definition) is 4. The van der Waals surface area contributed by atoms with E-state index >= 15 is 0 Å². The number of nitrogens with one attached hydrogen (secondary N) is 3. The summed E-state index contributed by atoms with van der Waals surface area (Å²) in [6.45, 7) is 11.4. The van der Waals surface area contributed by atoms with Gasteiger partial charge in [0.15, 0.2) is 17.5 Å². The fraction of sp³-hybridized carbons (Fsp3) is 0.700. The lowest BCUT2D eigenvalue weighted by atomic mass is 9.43. The van der Waals surface area contributed by atoms with Crippen LogP contribution in [0.4, 0.5) is 4.39 Å². The van der Waals surface area contributed by atoms with Gasteiger partial charge in [-0.3, -0.25) is 14.6 Å². The van der Waals surface area contributed by atoms with E-state index in [0.717, 1.165) is 18.9 Å². The number of aliphatic imine (C=N–C) groups is 1. The molecule has 42 heavy (non-hydrogen) atoms. The zero-order chi connectivity index (χ0) is 30.8. The van der Waals surface area contributed by atoms with Gasteiger partial charge in [0.05, 0.1) is 24.8 Å². The lowest BCUT2D eigenvalue weighted by molar-refractivity contribution is -0.199. The van der Waals surface area contributed by atoms with Crippen LogP contribution < -0.4 is 26.4 Å². The number of guanidine groups is 1. The van der Waals surface area contributed by atoms with Crippen molar-refractivity contribution in [2.24, 2.45) is 33.9 Å². The molecule has 4 fully saturated rings.